The van der Waals surface area contributed by atoms with Crippen LogP contribution in [0.3, 0.4) is 0 Å². The Bertz CT molecular complexity index is 353. The summed E-state index contributed by atoms with van der Waals surface area (Å²) < 4.78 is 0. The van der Waals surface area contributed by atoms with Crippen LogP contribution < -0.4 is 5.32 Å². The highest BCUT2D eigenvalue weighted by Crippen LogP contribution is 2.15. The molecule has 1 aromatic carbocycles. The highest BCUT2D eigenvalue weighted by molar-refractivity contribution is 5.89. The molecule has 0 spiro atoms. The van der Waals surface area contributed by atoms with Crippen molar-refractivity contribution in [2.75, 3.05) is 18.9 Å². The van der Waals surface area contributed by atoms with Crippen LogP contribution in [-0.2, 0) is 0 Å². The number of hydrogen-bond acceptors (Lipinski definition) is 2. The van der Waals surface area contributed by atoms with E-state index in [1.54, 1.807) is 30.1 Å². The smallest absolute Gasteiger partial charge is 0.321 e. The molecule has 0 aromatic heterocycles. The molecular formula is C12H18N2O2. The molecule has 0 atom stereocenters. The Morgan fingerprint density at radius 2 is 2.25 bits per heavy atom. The van der Waals surface area contributed by atoms with Crippen molar-refractivity contribution in [2.24, 2.45) is 0 Å². The molecule has 1 rings (SSSR count). The van der Waals surface area contributed by atoms with Crippen LogP contribution in [0.2, 0.25) is 0 Å². The van der Waals surface area contributed by atoms with E-state index in [0.717, 1.165) is 19.4 Å². The number of unbranched alkanes of at least 4 members (excludes halogenated alkanes) is 1. The molecule has 2 amide bonds. The van der Waals surface area contributed by atoms with E-state index in [-0.39, 0.29) is 11.8 Å². The maximum absolute atomic E-state index is 11.7. The fraction of sp³-hybridized carbons (Fsp3) is 0.417. The minimum absolute atomic E-state index is 0.147. The molecule has 0 aliphatic heterocycles. The standard InChI is InChI=1S/C12H18N2O2/c1-3-4-8-14(2)12(16)13-10-6-5-7-11(15)9-10/h5-7,9,15H,3-4,8H2,1-2H3,(H,13,16). The van der Waals surface area contributed by atoms with E-state index >= 15 is 0 Å². The number of phenolic OH excluding ortho intramolecular Hbond substituents is 1. The molecular weight excluding hydrogens is 204 g/mol. The Hall–Kier alpha value is -1.71. The van der Waals surface area contributed by atoms with Crippen LogP contribution in [0.4, 0.5) is 10.5 Å². The van der Waals surface area contributed by atoms with Gasteiger partial charge in [0.05, 0.1) is 0 Å². The van der Waals surface area contributed by atoms with Crippen LogP contribution in [0, 0.1) is 0 Å². The lowest BCUT2D eigenvalue weighted by Crippen LogP contribution is -2.32. The lowest BCUT2D eigenvalue weighted by molar-refractivity contribution is 0.222. The molecule has 0 bridgehead atoms. The third-order valence-electron chi connectivity index (χ3n) is 2.29. The number of aromatic hydroxyl groups is 1. The second-order valence-electron chi connectivity index (χ2n) is 3.76. The molecule has 2 N–H and O–H groups in total. The highest BCUT2D eigenvalue weighted by atomic mass is 16.3. The monoisotopic (exact) mass is 222 g/mol. The van der Waals surface area contributed by atoms with Gasteiger partial charge in [-0.15, -0.1) is 0 Å². The van der Waals surface area contributed by atoms with Gasteiger partial charge in [-0.1, -0.05) is 19.4 Å². The van der Waals surface area contributed by atoms with E-state index in [2.05, 4.69) is 12.2 Å². The van der Waals surface area contributed by atoms with Gasteiger partial charge in [-0.25, -0.2) is 4.79 Å². The summed E-state index contributed by atoms with van der Waals surface area (Å²) in [5.74, 6) is 0.147. The average Bonchev–Trinajstić information content (AvgIpc) is 2.25. The first kappa shape index (κ1) is 12.4. The van der Waals surface area contributed by atoms with Gasteiger partial charge in [-0.05, 0) is 18.6 Å². The van der Waals surface area contributed by atoms with Crippen LogP contribution in [0.25, 0.3) is 0 Å². The van der Waals surface area contributed by atoms with E-state index in [1.807, 2.05) is 0 Å². The molecule has 4 heteroatoms. The molecule has 0 saturated carbocycles. The third kappa shape index (κ3) is 3.81. The van der Waals surface area contributed by atoms with Crippen LogP contribution in [0.5, 0.6) is 5.75 Å². The van der Waals surface area contributed by atoms with Crippen molar-refractivity contribution >= 4 is 11.7 Å². The minimum atomic E-state index is -0.154. The minimum Gasteiger partial charge on any atom is -0.508 e. The fourth-order valence-electron chi connectivity index (χ4n) is 1.30. The summed E-state index contributed by atoms with van der Waals surface area (Å²) in [4.78, 5) is 13.3. The normalized spacial score (nSPS) is 9.88. The Labute approximate surface area is 95.9 Å². The quantitative estimate of drug-likeness (QED) is 0.822. The summed E-state index contributed by atoms with van der Waals surface area (Å²) in [6, 6.07) is 6.36. The van der Waals surface area contributed by atoms with Gasteiger partial charge in [0, 0.05) is 25.3 Å². The number of hydrogen-bond donors (Lipinski definition) is 2. The lowest BCUT2D eigenvalue weighted by Gasteiger charge is -2.17. The number of carbonyl (C=O) groups is 1. The molecule has 0 unspecified atom stereocenters. The summed E-state index contributed by atoms with van der Waals surface area (Å²) in [5, 5.41) is 12.0. The summed E-state index contributed by atoms with van der Waals surface area (Å²) in [6.45, 7) is 2.82. The molecule has 0 aliphatic rings. The zero-order chi connectivity index (χ0) is 12.0. The zero-order valence-electron chi connectivity index (χ0n) is 9.73. The van der Waals surface area contributed by atoms with Gasteiger partial charge in [0.25, 0.3) is 0 Å². The maximum Gasteiger partial charge on any atom is 0.321 e. The maximum atomic E-state index is 11.7. The van der Waals surface area contributed by atoms with Gasteiger partial charge in [-0.2, -0.15) is 0 Å². The number of urea groups is 1. The Balaban J connectivity index is 2.50. The van der Waals surface area contributed by atoms with Gasteiger partial charge in [0.1, 0.15) is 5.75 Å². The second-order valence-corrected chi connectivity index (χ2v) is 3.76. The van der Waals surface area contributed by atoms with E-state index in [4.69, 9.17) is 0 Å². The zero-order valence-corrected chi connectivity index (χ0v) is 9.73. The molecule has 16 heavy (non-hydrogen) atoms. The molecule has 0 aliphatic carbocycles. The highest BCUT2D eigenvalue weighted by Gasteiger charge is 2.07. The Kier molecular flexibility index (Phi) is 4.64. The Morgan fingerprint density at radius 3 is 2.88 bits per heavy atom. The van der Waals surface area contributed by atoms with Gasteiger partial charge < -0.3 is 15.3 Å². The number of nitrogens with one attached hydrogen (secondary N) is 1. The number of nitrogens with zero attached hydrogens (tertiary/aromatic N) is 1. The number of benzene rings is 1. The number of phenols is 1. The predicted octanol–water partition coefficient (Wildman–Crippen LogP) is 2.66. The first-order chi connectivity index (χ1) is 7.63. The van der Waals surface area contributed by atoms with Crippen molar-refractivity contribution in [3.05, 3.63) is 24.3 Å². The fourth-order valence-corrected chi connectivity index (χ4v) is 1.30. The summed E-state index contributed by atoms with van der Waals surface area (Å²) in [6.07, 6.45) is 2.05. The van der Waals surface area contributed by atoms with Crippen molar-refractivity contribution in [3.8, 4) is 5.75 Å². The topological polar surface area (TPSA) is 52.6 Å². The third-order valence-corrected chi connectivity index (χ3v) is 2.29. The van der Waals surface area contributed by atoms with Crippen LogP contribution >= 0.6 is 0 Å². The second kappa shape index (κ2) is 6.00. The van der Waals surface area contributed by atoms with E-state index < -0.39 is 0 Å². The van der Waals surface area contributed by atoms with Crippen molar-refractivity contribution < 1.29 is 9.90 Å². The van der Waals surface area contributed by atoms with Gasteiger partial charge in [-0.3, -0.25) is 0 Å². The summed E-state index contributed by atoms with van der Waals surface area (Å²) >= 11 is 0. The lowest BCUT2D eigenvalue weighted by atomic mass is 10.3. The first-order valence-electron chi connectivity index (χ1n) is 5.44. The first-order valence-corrected chi connectivity index (χ1v) is 5.44. The molecule has 0 radical (unpaired) electrons. The van der Waals surface area contributed by atoms with E-state index in [1.165, 1.54) is 6.07 Å². The van der Waals surface area contributed by atoms with Crippen molar-refractivity contribution in [3.63, 3.8) is 0 Å². The van der Waals surface area contributed by atoms with Crippen LogP contribution in [0.1, 0.15) is 19.8 Å². The SMILES string of the molecule is CCCCN(C)C(=O)Nc1cccc(O)c1. The van der Waals surface area contributed by atoms with Crippen LogP contribution in [0.15, 0.2) is 24.3 Å². The van der Waals surface area contributed by atoms with E-state index in [0.29, 0.717) is 5.69 Å². The van der Waals surface area contributed by atoms with Crippen molar-refractivity contribution in [2.45, 2.75) is 19.8 Å². The molecule has 0 fully saturated rings. The number of carbonyl (C=O) groups excluding carboxylic acids is 1. The predicted molar refractivity (Wildman–Crippen MR) is 64.7 cm³/mol. The number of amides is 2. The van der Waals surface area contributed by atoms with Gasteiger partial charge in [0.15, 0.2) is 0 Å². The molecule has 1 aromatic rings. The average molecular weight is 222 g/mol. The van der Waals surface area contributed by atoms with Crippen molar-refractivity contribution in [1.82, 2.24) is 4.90 Å². The van der Waals surface area contributed by atoms with E-state index in [9.17, 15) is 9.90 Å². The van der Waals surface area contributed by atoms with Gasteiger partial charge in [0.2, 0.25) is 0 Å². The number of anilines is 1. The molecule has 88 valence electrons. The van der Waals surface area contributed by atoms with Crippen LogP contribution in [-0.4, -0.2) is 29.6 Å². The molecule has 4 nitrogen and oxygen atoms in total. The summed E-state index contributed by atoms with van der Waals surface area (Å²) in [7, 11) is 1.76. The number of rotatable bonds is 4. The largest absolute Gasteiger partial charge is 0.508 e. The van der Waals surface area contributed by atoms with Crippen molar-refractivity contribution in [1.29, 1.82) is 0 Å². The Morgan fingerprint density at radius 1 is 1.50 bits per heavy atom. The molecule has 0 saturated heterocycles. The molecule has 0 heterocycles. The van der Waals surface area contributed by atoms with Gasteiger partial charge >= 0.3 is 6.03 Å². The summed E-state index contributed by atoms with van der Waals surface area (Å²) in [5.41, 5.74) is 0.605.